The fourth-order valence-electron chi connectivity index (χ4n) is 1.48. The summed E-state index contributed by atoms with van der Waals surface area (Å²) in [6.45, 7) is 5.75. The van der Waals surface area contributed by atoms with Crippen molar-refractivity contribution in [1.82, 2.24) is 15.5 Å². The van der Waals surface area contributed by atoms with Crippen LogP contribution in [-0.4, -0.2) is 22.8 Å². The minimum atomic E-state index is 0.429. The molecule has 0 atom stereocenters. The average molecular weight is 224 g/mol. The highest BCUT2D eigenvalue weighted by atomic mass is 16.4. The van der Waals surface area contributed by atoms with E-state index in [4.69, 9.17) is 4.42 Å². The van der Waals surface area contributed by atoms with Crippen LogP contribution in [0.1, 0.15) is 39.0 Å². The predicted octanol–water partition coefficient (Wildman–Crippen LogP) is 1.78. The second-order valence-electron chi connectivity index (χ2n) is 4.70. The molecule has 2 N–H and O–H groups in total. The van der Waals surface area contributed by atoms with Gasteiger partial charge in [0.2, 0.25) is 5.89 Å². The quantitative estimate of drug-likeness (QED) is 0.739. The molecular formula is C11H20N4O. The number of nitrogens with one attached hydrogen (secondary N) is 2. The Kier molecular flexibility index (Phi) is 3.77. The second-order valence-corrected chi connectivity index (χ2v) is 4.70. The van der Waals surface area contributed by atoms with Gasteiger partial charge in [-0.05, 0) is 12.3 Å². The van der Waals surface area contributed by atoms with Crippen LogP contribution in [0.25, 0.3) is 0 Å². The summed E-state index contributed by atoms with van der Waals surface area (Å²) in [7, 11) is 0. The number of hydrogen-bond donors (Lipinski definition) is 2. The summed E-state index contributed by atoms with van der Waals surface area (Å²) in [4.78, 5) is 0. The van der Waals surface area contributed by atoms with Crippen LogP contribution in [0.2, 0.25) is 0 Å². The van der Waals surface area contributed by atoms with Crippen molar-refractivity contribution in [3.63, 3.8) is 0 Å². The Hall–Kier alpha value is -1.10. The fraction of sp³-hybridized carbons (Fsp3) is 0.818. The summed E-state index contributed by atoms with van der Waals surface area (Å²) >= 11 is 0. The number of nitrogens with zero attached hydrogens (tertiary/aromatic N) is 2. The van der Waals surface area contributed by atoms with Gasteiger partial charge in [-0.1, -0.05) is 31.8 Å². The number of aromatic nitrogens is 2. The lowest BCUT2D eigenvalue weighted by Gasteiger charge is -2.03. The molecule has 1 fully saturated rings. The highest BCUT2D eigenvalue weighted by Gasteiger charge is 2.20. The Morgan fingerprint density at radius 2 is 2.19 bits per heavy atom. The van der Waals surface area contributed by atoms with Crippen LogP contribution >= 0.6 is 0 Å². The lowest BCUT2D eigenvalue weighted by molar-refractivity contribution is 0.458. The minimum Gasteiger partial charge on any atom is -0.407 e. The lowest BCUT2D eigenvalue weighted by atomic mass is 10.3. The molecule has 5 heteroatoms. The Morgan fingerprint density at radius 3 is 2.88 bits per heavy atom. The molecule has 90 valence electrons. The third kappa shape index (κ3) is 3.81. The maximum Gasteiger partial charge on any atom is 0.315 e. The standard InChI is InChI=1S/C11H20N4O/c1-8(2)13-7-10-14-15-11(16-10)12-6-5-9-3-4-9/h8-9,13H,3-7H2,1-2H3,(H,12,15). The SMILES string of the molecule is CC(C)NCc1nnc(NCCC2CC2)o1. The van der Waals surface area contributed by atoms with Gasteiger partial charge in [0.1, 0.15) is 0 Å². The lowest BCUT2D eigenvalue weighted by Crippen LogP contribution is -2.21. The van der Waals surface area contributed by atoms with E-state index in [-0.39, 0.29) is 0 Å². The average Bonchev–Trinajstić information content (AvgIpc) is 2.94. The van der Waals surface area contributed by atoms with E-state index in [9.17, 15) is 0 Å². The van der Waals surface area contributed by atoms with Gasteiger partial charge in [0, 0.05) is 12.6 Å². The maximum atomic E-state index is 5.44. The summed E-state index contributed by atoms with van der Waals surface area (Å²) in [6.07, 6.45) is 3.98. The van der Waals surface area contributed by atoms with Gasteiger partial charge in [0.15, 0.2) is 0 Å². The fourth-order valence-corrected chi connectivity index (χ4v) is 1.48. The zero-order chi connectivity index (χ0) is 11.4. The van der Waals surface area contributed by atoms with Crippen LogP contribution in [0, 0.1) is 5.92 Å². The van der Waals surface area contributed by atoms with Crippen molar-refractivity contribution < 1.29 is 4.42 Å². The first kappa shape index (κ1) is 11.4. The zero-order valence-corrected chi connectivity index (χ0v) is 9.99. The predicted molar refractivity (Wildman–Crippen MR) is 62.1 cm³/mol. The normalized spacial score (nSPS) is 15.7. The molecule has 0 aromatic carbocycles. The van der Waals surface area contributed by atoms with E-state index in [1.165, 1.54) is 19.3 Å². The van der Waals surface area contributed by atoms with Gasteiger partial charge in [-0.25, -0.2) is 0 Å². The molecule has 1 aromatic rings. The molecule has 2 rings (SSSR count). The molecule has 0 bridgehead atoms. The Bertz CT molecular complexity index is 320. The Labute approximate surface area is 96.0 Å². The van der Waals surface area contributed by atoms with E-state index in [2.05, 4.69) is 34.7 Å². The van der Waals surface area contributed by atoms with Crippen LogP contribution in [0.15, 0.2) is 4.42 Å². The smallest absolute Gasteiger partial charge is 0.315 e. The highest BCUT2D eigenvalue weighted by Crippen LogP contribution is 2.31. The van der Waals surface area contributed by atoms with E-state index in [1.54, 1.807) is 0 Å². The zero-order valence-electron chi connectivity index (χ0n) is 9.99. The largest absolute Gasteiger partial charge is 0.407 e. The van der Waals surface area contributed by atoms with Gasteiger partial charge in [-0.15, -0.1) is 5.10 Å². The molecule has 0 spiro atoms. The molecular weight excluding hydrogens is 204 g/mol. The van der Waals surface area contributed by atoms with Gasteiger partial charge < -0.3 is 15.1 Å². The first-order valence-corrected chi connectivity index (χ1v) is 6.03. The highest BCUT2D eigenvalue weighted by molar-refractivity contribution is 5.16. The molecule has 0 saturated heterocycles. The third-order valence-electron chi connectivity index (χ3n) is 2.65. The molecule has 1 aromatic heterocycles. The molecule has 16 heavy (non-hydrogen) atoms. The number of anilines is 1. The van der Waals surface area contributed by atoms with Crippen molar-refractivity contribution in [2.45, 2.75) is 45.7 Å². The van der Waals surface area contributed by atoms with Gasteiger partial charge in [-0.2, -0.15) is 0 Å². The topological polar surface area (TPSA) is 63.0 Å². The second kappa shape index (κ2) is 5.30. The third-order valence-corrected chi connectivity index (χ3v) is 2.65. The molecule has 1 aliphatic rings. The molecule has 0 radical (unpaired) electrons. The molecule has 0 unspecified atom stereocenters. The van der Waals surface area contributed by atoms with Gasteiger partial charge >= 0.3 is 6.01 Å². The van der Waals surface area contributed by atoms with Crippen molar-refractivity contribution in [2.75, 3.05) is 11.9 Å². The van der Waals surface area contributed by atoms with Gasteiger partial charge in [0.25, 0.3) is 0 Å². The summed E-state index contributed by atoms with van der Waals surface area (Å²) in [5, 5.41) is 14.3. The number of hydrogen-bond acceptors (Lipinski definition) is 5. The van der Waals surface area contributed by atoms with Crippen molar-refractivity contribution >= 4 is 6.01 Å². The van der Waals surface area contributed by atoms with E-state index in [1.807, 2.05) is 0 Å². The van der Waals surface area contributed by atoms with Crippen LogP contribution in [0.5, 0.6) is 0 Å². The molecule has 5 nitrogen and oxygen atoms in total. The summed E-state index contributed by atoms with van der Waals surface area (Å²) in [6, 6.07) is 0.972. The number of rotatable bonds is 7. The van der Waals surface area contributed by atoms with Crippen molar-refractivity contribution in [3.8, 4) is 0 Å². The van der Waals surface area contributed by atoms with Crippen LogP contribution < -0.4 is 10.6 Å². The molecule has 0 amide bonds. The van der Waals surface area contributed by atoms with Crippen molar-refractivity contribution in [2.24, 2.45) is 5.92 Å². The van der Waals surface area contributed by atoms with E-state index < -0.39 is 0 Å². The van der Waals surface area contributed by atoms with E-state index in [0.717, 1.165) is 12.5 Å². The van der Waals surface area contributed by atoms with Gasteiger partial charge in [-0.3, -0.25) is 0 Å². The van der Waals surface area contributed by atoms with Crippen molar-refractivity contribution in [1.29, 1.82) is 0 Å². The first-order valence-electron chi connectivity index (χ1n) is 6.03. The summed E-state index contributed by atoms with van der Waals surface area (Å²) in [5.74, 6) is 1.57. The molecule has 0 aliphatic heterocycles. The Balaban J connectivity index is 1.68. The Morgan fingerprint density at radius 1 is 1.38 bits per heavy atom. The van der Waals surface area contributed by atoms with Crippen molar-refractivity contribution in [3.05, 3.63) is 5.89 Å². The minimum absolute atomic E-state index is 0.429. The maximum absolute atomic E-state index is 5.44. The van der Waals surface area contributed by atoms with E-state index >= 15 is 0 Å². The van der Waals surface area contributed by atoms with E-state index in [0.29, 0.717) is 24.5 Å². The van der Waals surface area contributed by atoms with Crippen LogP contribution in [0.3, 0.4) is 0 Å². The van der Waals surface area contributed by atoms with Crippen LogP contribution in [-0.2, 0) is 6.54 Å². The summed E-state index contributed by atoms with van der Waals surface area (Å²) < 4.78 is 5.44. The van der Waals surface area contributed by atoms with Gasteiger partial charge in [0.05, 0.1) is 6.54 Å². The molecule has 1 heterocycles. The molecule has 1 saturated carbocycles. The monoisotopic (exact) mass is 224 g/mol. The summed E-state index contributed by atoms with van der Waals surface area (Å²) in [5.41, 5.74) is 0. The van der Waals surface area contributed by atoms with Crippen LogP contribution in [0.4, 0.5) is 6.01 Å². The molecule has 1 aliphatic carbocycles. The first-order chi connectivity index (χ1) is 7.74.